The Morgan fingerprint density at radius 3 is 2.44 bits per heavy atom. The van der Waals surface area contributed by atoms with Crippen LogP contribution < -0.4 is 29.4 Å². The number of nitrogens with two attached hydrogens (primary N) is 1. The Kier molecular flexibility index (Phi) is 8.75. The molecular weight excluding hydrogens is 543 g/mol. The summed E-state index contributed by atoms with van der Waals surface area (Å²) in [5.74, 6) is 0.721. The fourth-order valence-electron chi connectivity index (χ4n) is 4.18. The molecule has 3 aromatic carbocycles. The van der Waals surface area contributed by atoms with E-state index in [0.29, 0.717) is 36.0 Å². The largest absolute Gasteiger partial charge is 0.494 e. The van der Waals surface area contributed by atoms with Gasteiger partial charge in [0.05, 0.1) is 41.9 Å². The average Bonchev–Trinajstić information content (AvgIpc) is 2.91. The first-order valence-corrected chi connectivity index (χ1v) is 12.9. The van der Waals surface area contributed by atoms with Gasteiger partial charge in [-0.1, -0.05) is 42.3 Å². The summed E-state index contributed by atoms with van der Waals surface area (Å²) < 4.78 is 28.1. The fourth-order valence-corrected chi connectivity index (χ4v) is 4.83. The summed E-state index contributed by atoms with van der Waals surface area (Å²) in [4.78, 5) is 12.8. The van der Waals surface area contributed by atoms with Crippen LogP contribution in [0.15, 0.2) is 60.0 Å². The fraction of sp³-hybridized carbons (Fsp3) is 0.241. The van der Waals surface area contributed by atoms with Crippen molar-refractivity contribution in [2.45, 2.75) is 26.2 Å². The lowest BCUT2D eigenvalue weighted by molar-refractivity contribution is 0.0734. The standard InChI is InChI=1S/C29H26Cl2N2O6/c1-4-10-37-23-9-6-16(13-25(23)36-5-2)26-19-8-7-18(14-24(19)39-28(33)20(26)15-32)38-29(34)17-11-21(30)27(35-3)22(31)12-17/h6-9,11-14,26H,4-5,10,33H2,1-3H3. The van der Waals surface area contributed by atoms with E-state index in [1.807, 2.05) is 32.0 Å². The number of allylic oxidation sites excluding steroid dienone is 1. The molecule has 0 amide bonds. The molecule has 202 valence electrons. The molecule has 1 unspecified atom stereocenters. The topological polar surface area (TPSA) is 113 Å². The van der Waals surface area contributed by atoms with Crippen molar-refractivity contribution in [2.75, 3.05) is 20.3 Å². The maximum absolute atomic E-state index is 12.8. The lowest BCUT2D eigenvalue weighted by Crippen LogP contribution is -2.21. The van der Waals surface area contributed by atoms with Gasteiger partial charge in [0.15, 0.2) is 17.2 Å². The lowest BCUT2D eigenvalue weighted by Gasteiger charge is -2.27. The van der Waals surface area contributed by atoms with Gasteiger partial charge in [0.1, 0.15) is 23.1 Å². The Hall–Kier alpha value is -4.06. The number of rotatable bonds is 9. The molecular formula is C29H26Cl2N2O6. The molecule has 1 aliphatic heterocycles. The van der Waals surface area contributed by atoms with Gasteiger partial charge in [0.25, 0.3) is 0 Å². The van der Waals surface area contributed by atoms with Gasteiger partial charge in [0.2, 0.25) is 5.88 Å². The van der Waals surface area contributed by atoms with Gasteiger partial charge < -0.3 is 29.4 Å². The minimum Gasteiger partial charge on any atom is -0.494 e. The van der Waals surface area contributed by atoms with Crippen molar-refractivity contribution < 1.29 is 28.5 Å². The summed E-state index contributed by atoms with van der Waals surface area (Å²) in [6.07, 6.45) is 0.851. The van der Waals surface area contributed by atoms with E-state index < -0.39 is 11.9 Å². The summed E-state index contributed by atoms with van der Waals surface area (Å²) in [6, 6.07) is 15.4. The second-order valence-electron chi connectivity index (χ2n) is 8.47. The number of nitriles is 1. The van der Waals surface area contributed by atoms with Gasteiger partial charge in [0, 0.05) is 11.6 Å². The van der Waals surface area contributed by atoms with E-state index in [9.17, 15) is 10.1 Å². The molecule has 0 fully saturated rings. The molecule has 0 radical (unpaired) electrons. The Morgan fingerprint density at radius 2 is 1.79 bits per heavy atom. The molecule has 1 heterocycles. The summed E-state index contributed by atoms with van der Waals surface area (Å²) in [6.45, 7) is 4.90. The van der Waals surface area contributed by atoms with Crippen molar-refractivity contribution in [3.05, 3.63) is 86.7 Å². The van der Waals surface area contributed by atoms with Gasteiger partial charge in [-0.25, -0.2) is 4.79 Å². The van der Waals surface area contributed by atoms with E-state index in [1.165, 1.54) is 25.3 Å². The van der Waals surface area contributed by atoms with Crippen LogP contribution in [0.4, 0.5) is 0 Å². The van der Waals surface area contributed by atoms with Crippen LogP contribution in [-0.4, -0.2) is 26.3 Å². The predicted molar refractivity (Wildman–Crippen MR) is 147 cm³/mol. The molecule has 3 aromatic rings. The molecule has 1 aliphatic rings. The van der Waals surface area contributed by atoms with Crippen LogP contribution in [0.5, 0.6) is 28.7 Å². The number of esters is 1. The van der Waals surface area contributed by atoms with Crippen LogP contribution in [-0.2, 0) is 0 Å². The van der Waals surface area contributed by atoms with Crippen LogP contribution in [0.3, 0.4) is 0 Å². The van der Waals surface area contributed by atoms with Gasteiger partial charge in [-0.2, -0.15) is 5.26 Å². The third kappa shape index (κ3) is 5.85. The minimum absolute atomic E-state index is 0.0449. The van der Waals surface area contributed by atoms with E-state index in [-0.39, 0.29) is 38.6 Å². The van der Waals surface area contributed by atoms with Gasteiger partial charge in [-0.05, 0) is 49.2 Å². The highest BCUT2D eigenvalue weighted by atomic mass is 35.5. The highest BCUT2D eigenvalue weighted by Crippen LogP contribution is 2.45. The van der Waals surface area contributed by atoms with Gasteiger partial charge in [-0.3, -0.25) is 0 Å². The molecule has 0 aromatic heterocycles. The number of hydrogen-bond acceptors (Lipinski definition) is 8. The first-order valence-electron chi connectivity index (χ1n) is 12.2. The molecule has 8 nitrogen and oxygen atoms in total. The second kappa shape index (κ2) is 12.2. The number of ether oxygens (including phenoxy) is 5. The van der Waals surface area contributed by atoms with E-state index in [2.05, 4.69) is 6.07 Å². The Balaban J connectivity index is 1.68. The molecule has 39 heavy (non-hydrogen) atoms. The van der Waals surface area contributed by atoms with E-state index in [4.69, 9.17) is 52.6 Å². The number of hydrogen-bond donors (Lipinski definition) is 1. The Morgan fingerprint density at radius 1 is 1.05 bits per heavy atom. The number of fused-ring (bicyclic) bond motifs is 1. The highest BCUT2D eigenvalue weighted by Gasteiger charge is 2.32. The number of carbonyl (C=O) groups is 1. The summed E-state index contributed by atoms with van der Waals surface area (Å²) in [5, 5.41) is 10.3. The van der Waals surface area contributed by atoms with E-state index in [0.717, 1.165) is 12.0 Å². The molecule has 4 rings (SSSR count). The number of halogens is 2. The van der Waals surface area contributed by atoms with Crippen LogP contribution in [0.25, 0.3) is 0 Å². The third-order valence-electron chi connectivity index (χ3n) is 5.90. The molecule has 0 aliphatic carbocycles. The maximum Gasteiger partial charge on any atom is 0.343 e. The molecule has 2 N–H and O–H groups in total. The van der Waals surface area contributed by atoms with Crippen LogP contribution in [0.1, 0.15) is 47.7 Å². The van der Waals surface area contributed by atoms with Gasteiger partial charge in [-0.15, -0.1) is 0 Å². The normalized spacial score (nSPS) is 14.1. The van der Waals surface area contributed by atoms with Gasteiger partial charge >= 0.3 is 5.97 Å². The number of benzene rings is 3. The molecule has 0 spiro atoms. The summed E-state index contributed by atoms with van der Waals surface area (Å²) in [5.41, 5.74) is 7.98. The summed E-state index contributed by atoms with van der Waals surface area (Å²) >= 11 is 12.3. The maximum atomic E-state index is 12.8. The first-order chi connectivity index (χ1) is 18.8. The van der Waals surface area contributed by atoms with Crippen LogP contribution in [0, 0.1) is 11.3 Å². The Bertz CT molecular complexity index is 1460. The number of carbonyl (C=O) groups excluding carboxylic acids is 1. The van der Waals surface area contributed by atoms with Crippen molar-refractivity contribution in [1.82, 2.24) is 0 Å². The molecule has 10 heteroatoms. The van der Waals surface area contributed by atoms with Crippen LogP contribution >= 0.6 is 23.2 Å². The van der Waals surface area contributed by atoms with Crippen molar-refractivity contribution in [3.63, 3.8) is 0 Å². The molecule has 1 atom stereocenters. The quantitative estimate of drug-likeness (QED) is 0.226. The average molecular weight is 569 g/mol. The third-order valence-corrected chi connectivity index (χ3v) is 6.46. The summed E-state index contributed by atoms with van der Waals surface area (Å²) in [7, 11) is 1.43. The zero-order valence-corrected chi connectivity index (χ0v) is 23.1. The van der Waals surface area contributed by atoms with Crippen molar-refractivity contribution in [1.29, 1.82) is 5.26 Å². The number of methoxy groups -OCH3 is 1. The second-order valence-corrected chi connectivity index (χ2v) is 9.29. The predicted octanol–water partition coefficient (Wildman–Crippen LogP) is 6.63. The highest BCUT2D eigenvalue weighted by molar-refractivity contribution is 6.37. The Labute approximate surface area is 236 Å². The molecule has 0 saturated heterocycles. The molecule has 0 bridgehead atoms. The van der Waals surface area contributed by atoms with E-state index in [1.54, 1.807) is 12.1 Å². The van der Waals surface area contributed by atoms with Crippen LogP contribution in [0.2, 0.25) is 10.0 Å². The van der Waals surface area contributed by atoms with E-state index >= 15 is 0 Å². The first kappa shape index (κ1) is 28.0. The van der Waals surface area contributed by atoms with Crippen molar-refractivity contribution in [3.8, 4) is 34.8 Å². The zero-order chi connectivity index (χ0) is 28.1. The zero-order valence-electron chi connectivity index (χ0n) is 21.5. The SMILES string of the molecule is CCCOc1ccc(C2C(C#N)=C(N)Oc3cc(OC(=O)c4cc(Cl)c(OC)c(Cl)c4)ccc32)cc1OCC. The number of nitrogens with zero attached hydrogens (tertiary/aromatic N) is 1. The molecule has 0 saturated carbocycles. The lowest BCUT2D eigenvalue weighted by atomic mass is 9.83. The smallest absolute Gasteiger partial charge is 0.343 e. The minimum atomic E-state index is -0.681. The van der Waals surface area contributed by atoms with Crippen molar-refractivity contribution >= 4 is 29.2 Å². The monoisotopic (exact) mass is 568 g/mol. The van der Waals surface area contributed by atoms with Crippen molar-refractivity contribution in [2.24, 2.45) is 5.73 Å².